The van der Waals surface area contributed by atoms with Gasteiger partial charge < -0.3 is 15.4 Å². The molecule has 1 saturated carbocycles. The second-order valence-corrected chi connectivity index (χ2v) is 8.38. The molecule has 26 heavy (non-hydrogen) atoms. The molecule has 0 unspecified atom stereocenters. The van der Waals surface area contributed by atoms with E-state index >= 15 is 0 Å². The van der Waals surface area contributed by atoms with Gasteiger partial charge in [-0.05, 0) is 31.9 Å². The molecule has 0 radical (unpaired) electrons. The number of urea groups is 1. The van der Waals surface area contributed by atoms with Crippen LogP contribution in [0.4, 0.5) is 10.5 Å². The maximum absolute atomic E-state index is 12.2. The number of rotatable bonds is 8. The third kappa shape index (κ3) is 6.09. The van der Waals surface area contributed by atoms with E-state index in [0.717, 1.165) is 31.9 Å². The van der Waals surface area contributed by atoms with Crippen LogP contribution in [0, 0.1) is 0 Å². The smallest absolute Gasteiger partial charge is 0.315 e. The molecular weight excluding hydrogens is 354 g/mol. The lowest BCUT2D eigenvalue weighted by molar-refractivity contribution is 0.233. The summed E-state index contributed by atoms with van der Waals surface area (Å²) >= 11 is 0. The minimum atomic E-state index is -3.50. The zero-order valence-corrected chi connectivity index (χ0v) is 16.3. The molecule has 2 rings (SSSR count). The number of sulfonamides is 1. The van der Waals surface area contributed by atoms with E-state index in [1.807, 2.05) is 6.92 Å². The molecule has 0 bridgehead atoms. The van der Waals surface area contributed by atoms with E-state index in [4.69, 9.17) is 4.74 Å². The number of benzene rings is 1. The maximum atomic E-state index is 12.2. The van der Waals surface area contributed by atoms with Gasteiger partial charge in [0.25, 0.3) is 0 Å². The summed E-state index contributed by atoms with van der Waals surface area (Å²) in [6.45, 7) is 2.64. The van der Waals surface area contributed by atoms with Crippen LogP contribution in [0.5, 0.6) is 5.75 Å². The van der Waals surface area contributed by atoms with Crippen molar-refractivity contribution >= 4 is 21.7 Å². The summed E-state index contributed by atoms with van der Waals surface area (Å²) in [6, 6.07) is 6.97. The Bertz CT molecular complexity index is 687. The average molecular weight is 384 g/mol. The molecule has 0 spiro atoms. The molecule has 1 aliphatic carbocycles. The zero-order chi connectivity index (χ0) is 19.0. The van der Waals surface area contributed by atoms with Crippen molar-refractivity contribution in [1.82, 2.24) is 10.6 Å². The monoisotopic (exact) mass is 383 g/mol. The Labute approximate surface area is 156 Å². The molecule has 0 atom stereocenters. The summed E-state index contributed by atoms with van der Waals surface area (Å²) < 4.78 is 31.2. The Morgan fingerprint density at radius 1 is 1.23 bits per heavy atom. The van der Waals surface area contributed by atoms with Gasteiger partial charge in [-0.25, -0.2) is 13.2 Å². The highest BCUT2D eigenvalue weighted by atomic mass is 32.2. The van der Waals surface area contributed by atoms with Gasteiger partial charge in [0.05, 0.1) is 25.1 Å². The number of para-hydroxylation sites is 2. The Balaban J connectivity index is 1.95. The maximum Gasteiger partial charge on any atom is 0.315 e. The third-order valence-corrected chi connectivity index (χ3v) is 5.55. The molecular formula is C18H29N3O4S. The van der Waals surface area contributed by atoms with Crippen LogP contribution in [0.3, 0.4) is 0 Å². The summed E-state index contributed by atoms with van der Waals surface area (Å²) in [5.41, 5.74) is 0.478. The van der Waals surface area contributed by atoms with E-state index in [9.17, 15) is 13.2 Å². The minimum Gasteiger partial charge on any atom is -0.492 e. The number of anilines is 1. The van der Waals surface area contributed by atoms with E-state index in [0.29, 0.717) is 18.0 Å². The molecule has 1 fully saturated rings. The fourth-order valence-corrected chi connectivity index (χ4v) is 4.09. The highest BCUT2D eigenvalue weighted by Crippen LogP contribution is 2.29. The van der Waals surface area contributed by atoms with Gasteiger partial charge in [0.1, 0.15) is 5.75 Å². The van der Waals surface area contributed by atoms with Crippen LogP contribution in [0.2, 0.25) is 0 Å². The molecule has 0 heterocycles. The van der Waals surface area contributed by atoms with Crippen molar-refractivity contribution in [3.05, 3.63) is 24.3 Å². The second kappa shape index (κ2) is 9.66. The highest BCUT2D eigenvalue weighted by Gasteiger charge is 2.21. The first kappa shape index (κ1) is 20.4. The predicted molar refractivity (Wildman–Crippen MR) is 103 cm³/mol. The van der Waals surface area contributed by atoms with E-state index in [1.54, 1.807) is 24.3 Å². The van der Waals surface area contributed by atoms with E-state index in [-0.39, 0.29) is 25.2 Å². The van der Waals surface area contributed by atoms with Crippen molar-refractivity contribution in [3.63, 3.8) is 0 Å². The molecule has 146 valence electrons. The van der Waals surface area contributed by atoms with E-state index in [2.05, 4.69) is 10.6 Å². The van der Waals surface area contributed by atoms with Crippen molar-refractivity contribution in [3.8, 4) is 5.75 Å². The Hall–Kier alpha value is -1.96. The zero-order valence-electron chi connectivity index (χ0n) is 15.5. The molecule has 7 nitrogen and oxygen atoms in total. The van der Waals surface area contributed by atoms with Crippen LogP contribution in [0.1, 0.15) is 39.0 Å². The third-order valence-electron chi connectivity index (χ3n) is 4.37. The number of nitrogens with one attached hydrogen (secondary N) is 2. The molecule has 1 aromatic carbocycles. The van der Waals surface area contributed by atoms with Gasteiger partial charge in [-0.1, -0.05) is 31.4 Å². The van der Waals surface area contributed by atoms with Crippen molar-refractivity contribution < 1.29 is 17.9 Å². The SMILES string of the molecule is CCOc1ccccc1N(CCNC(=O)NC1CCCCC1)S(C)(=O)=O. The van der Waals surface area contributed by atoms with Crippen molar-refractivity contribution in [2.24, 2.45) is 0 Å². The van der Waals surface area contributed by atoms with Crippen molar-refractivity contribution in [2.45, 2.75) is 45.1 Å². The number of carbonyl (C=O) groups is 1. The van der Waals surface area contributed by atoms with Gasteiger partial charge in [-0.2, -0.15) is 0 Å². The molecule has 2 N–H and O–H groups in total. The van der Waals surface area contributed by atoms with Gasteiger partial charge in [-0.3, -0.25) is 4.31 Å². The van der Waals surface area contributed by atoms with Gasteiger partial charge in [0.15, 0.2) is 0 Å². The fraction of sp³-hybridized carbons (Fsp3) is 0.611. The van der Waals surface area contributed by atoms with Crippen LogP contribution in [0.25, 0.3) is 0 Å². The van der Waals surface area contributed by atoms with Crippen LogP contribution >= 0.6 is 0 Å². The summed E-state index contributed by atoms with van der Waals surface area (Å²) in [7, 11) is -3.50. The van der Waals surface area contributed by atoms with Gasteiger partial charge in [0, 0.05) is 12.6 Å². The number of amides is 2. The molecule has 0 aliphatic heterocycles. The molecule has 1 aromatic rings. The largest absolute Gasteiger partial charge is 0.492 e. The lowest BCUT2D eigenvalue weighted by Crippen LogP contribution is -2.45. The normalized spacial score (nSPS) is 15.3. The first-order valence-corrected chi connectivity index (χ1v) is 11.0. The molecule has 1 aliphatic rings. The predicted octanol–water partition coefficient (Wildman–Crippen LogP) is 2.48. The summed E-state index contributed by atoms with van der Waals surface area (Å²) in [5.74, 6) is 0.507. The molecule has 8 heteroatoms. The number of ether oxygens (including phenoxy) is 1. The Morgan fingerprint density at radius 2 is 1.92 bits per heavy atom. The molecule has 2 amide bonds. The van der Waals surface area contributed by atoms with Crippen LogP contribution < -0.4 is 19.7 Å². The summed E-state index contributed by atoms with van der Waals surface area (Å²) in [5, 5.41) is 5.72. The van der Waals surface area contributed by atoms with Crippen molar-refractivity contribution in [2.75, 3.05) is 30.3 Å². The first-order valence-electron chi connectivity index (χ1n) is 9.15. The van der Waals surface area contributed by atoms with Gasteiger partial charge in [0.2, 0.25) is 10.0 Å². The van der Waals surface area contributed by atoms with E-state index in [1.165, 1.54) is 10.7 Å². The van der Waals surface area contributed by atoms with Crippen molar-refractivity contribution in [1.29, 1.82) is 0 Å². The minimum absolute atomic E-state index is 0.140. The van der Waals surface area contributed by atoms with Crippen LogP contribution in [-0.4, -0.2) is 46.4 Å². The summed E-state index contributed by atoms with van der Waals surface area (Å²) in [4.78, 5) is 12.0. The second-order valence-electron chi connectivity index (χ2n) is 6.47. The van der Waals surface area contributed by atoms with Crippen LogP contribution in [0.15, 0.2) is 24.3 Å². The Morgan fingerprint density at radius 3 is 2.58 bits per heavy atom. The fourth-order valence-electron chi connectivity index (χ4n) is 3.16. The first-order chi connectivity index (χ1) is 12.4. The standard InChI is InChI=1S/C18H29N3O4S/c1-3-25-17-12-8-7-11-16(17)21(26(2,23)24)14-13-19-18(22)20-15-9-5-4-6-10-15/h7-8,11-12,15H,3-6,9-10,13-14H2,1-2H3,(H2,19,20,22). The van der Waals surface area contributed by atoms with Gasteiger partial charge in [-0.15, -0.1) is 0 Å². The van der Waals surface area contributed by atoms with E-state index < -0.39 is 10.0 Å². The number of carbonyl (C=O) groups excluding carboxylic acids is 1. The summed E-state index contributed by atoms with van der Waals surface area (Å²) in [6.07, 6.45) is 6.66. The highest BCUT2D eigenvalue weighted by molar-refractivity contribution is 7.92. The lowest BCUT2D eigenvalue weighted by atomic mass is 9.96. The average Bonchev–Trinajstić information content (AvgIpc) is 2.60. The number of hydrogen-bond acceptors (Lipinski definition) is 4. The van der Waals surface area contributed by atoms with Gasteiger partial charge >= 0.3 is 6.03 Å². The topological polar surface area (TPSA) is 87.7 Å². The van der Waals surface area contributed by atoms with Crippen LogP contribution in [-0.2, 0) is 10.0 Å². The Kier molecular flexibility index (Phi) is 7.56. The quantitative estimate of drug-likeness (QED) is 0.722. The lowest BCUT2D eigenvalue weighted by Gasteiger charge is -2.25. The molecule has 0 aromatic heterocycles. The number of nitrogens with zero attached hydrogens (tertiary/aromatic N) is 1. The number of hydrogen-bond donors (Lipinski definition) is 2. The molecule has 0 saturated heterocycles.